The first-order valence-electron chi connectivity index (χ1n) is 13.9. The van der Waals surface area contributed by atoms with Crippen LogP contribution in [-0.2, 0) is 9.59 Å². The SMILES string of the molecule is CCCCOc1ccc(NC(=O)CSc2ccc(NC(=O)/C(=C/c3ccc(Cl)cc3Cl)NC(=O)c3ccccc3)cc2)cc1. The van der Waals surface area contributed by atoms with Crippen LogP contribution in [0.1, 0.15) is 35.7 Å². The smallest absolute Gasteiger partial charge is 0.272 e. The molecule has 3 N–H and O–H groups in total. The predicted octanol–water partition coefficient (Wildman–Crippen LogP) is 8.31. The molecule has 0 heterocycles. The van der Waals surface area contributed by atoms with Crippen molar-refractivity contribution >= 4 is 70.1 Å². The van der Waals surface area contributed by atoms with E-state index in [0.717, 1.165) is 23.5 Å². The highest BCUT2D eigenvalue weighted by molar-refractivity contribution is 8.00. The van der Waals surface area contributed by atoms with Gasteiger partial charge in [-0.1, -0.05) is 60.8 Å². The molecular formula is C34H31Cl2N3O4S. The molecule has 44 heavy (non-hydrogen) atoms. The van der Waals surface area contributed by atoms with Gasteiger partial charge in [-0.3, -0.25) is 14.4 Å². The summed E-state index contributed by atoms with van der Waals surface area (Å²) in [5, 5.41) is 9.15. The first kappa shape index (κ1) is 32.7. The maximum atomic E-state index is 13.3. The highest BCUT2D eigenvalue weighted by atomic mass is 35.5. The van der Waals surface area contributed by atoms with Gasteiger partial charge in [0.25, 0.3) is 11.8 Å². The minimum absolute atomic E-state index is 0.00115. The number of hydrogen-bond acceptors (Lipinski definition) is 5. The van der Waals surface area contributed by atoms with Crippen LogP contribution in [0.25, 0.3) is 6.08 Å². The fourth-order valence-electron chi connectivity index (χ4n) is 3.86. The highest BCUT2D eigenvalue weighted by Gasteiger charge is 2.16. The lowest BCUT2D eigenvalue weighted by molar-refractivity contribution is -0.114. The second-order valence-corrected chi connectivity index (χ2v) is 11.5. The first-order chi connectivity index (χ1) is 21.3. The molecule has 0 spiro atoms. The summed E-state index contributed by atoms with van der Waals surface area (Å²) in [6.45, 7) is 2.78. The minimum Gasteiger partial charge on any atom is -0.494 e. The Morgan fingerprint density at radius 2 is 1.52 bits per heavy atom. The van der Waals surface area contributed by atoms with Gasteiger partial charge in [-0.25, -0.2) is 0 Å². The van der Waals surface area contributed by atoms with Gasteiger partial charge in [0.15, 0.2) is 0 Å². The molecule has 0 fully saturated rings. The number of benzene rings is 4. The van der Waals surface area contributed by atoms with Crippen molar-refractivity contribution in [3.63, 3.8) is 0 Å². The first-order valence-corrected chi connectivity index (χ1v) is 15.6. The van der Waals surface area contributed by atoms with Crippen LogP contribution in [-0.4, -0.2) is 30.1 Å². The Morgan fingerprint density at radius 1 is 0.841 bits per heavy atom. The van der Waals surface area contributed by atoms with E-state index in [2.05, 4.69) is 22.9 Å². The molecular weight excluding hydrogens is 617 g/mol. The number of amides is 3. The molecule has 0 atom stereocenters. The zero-order valence-electron chi connectivity index (χ0n) is 23.9. The van der Waals surface area contributed by atoms with Crippen molar-refractivity contribution in [2.45, 2.75) is 24.7 Å². The summed E-state index contributed by atoms with van der Waals surface area (Å²) in [6.07, 6.45) is 3.55. The lowest BCUT2D eigenvalue weighted by Gasteiger charge is -2.12. The second kappa shape index (κ2) is 16.6. The van der Waals surface area contributed by atoms with Crippen LogP contribution in [0, 0.1) is 0 Å². The van der Waals surface area contributed by atoms with E-state index in [0.29, 0.717) is 39.2 Å². The molecule has 0 bridgehead atoms. The number of nitrogens with one attached hydrogen (secondary N) is 3. The number of halogens is 2. The molecule has 10 heteroatoms. The molecule has 0 unspecified atom stereocenters. The molecule has 4 aromatic rings. The maximum Gasteiger partial charge on any atom is 0.272 e. The number of thioether (sulfide) groups is 1. The van der Waals surface area contributed by atoms with Crippen LogP contribution in [0.3, 0.4) is 0 Å². The van der Waals surface area contributed by atoms with Crippen molar-refractivity contribution in [2.24, 2.45) is 0 Å². The maximum absolute atomic E-state index is 13.3. The van der Waals surface area contributed by atoms with E-state index in [-0.39, 0.29) is 17.4 Å². The van der Waals surface area contributed by atoms with E-state index in [4.69, 9.17) is 27.9 Å². The third kappa shape index (κ3) is 10.2. The van der Waals surface area contributed by atoms with Gasteiger partial charge in [-0.05, 0) is 90.9 Å². The van der Waals surface area contributed by atoms with Gasteiger partial charge in [-0.15, -0.1) is 11.8 Å². The number of hydrogen-bond donors (Lipinski definition) is 3. The molecule has 0 saturated carbocycles. The van der Waals surface area contributed by atoms with E-state index in [1.807, 2.05) is 24.3 Å². The Bertz CT molecular complexity index is 1610. The average Bonchev–Trinajstić information content (AvgIpc) is 3.03. The number of anilines is 2. The fourth-order valence-corrected chi connectivity index (χ4v) is 5.03. The third-order valence-electron chi connectivity index (χ3n) is 6.18. The van der Waals surface area contributed by atoms with Crippen molar-refractivity contribution in [3.8, 4) is 5.75 Å². The molecule has 4 aromatic carbocycles. The van der Waals surface area contributed by atoms with Crippen LogP contribution >= 0.6 is 35.0 Å². The second-order valence-electron chi connectivity index (χ2n) is 9.59. The normalized spacial score (nSPS) is 11.0. The Labute approximate surface area is 271 Å². The summed E-state index contributed by atoms with van der Waals surface area (Å²) in [6, 6.07) is 27.8. The molecule has 0 aromatic heterocycles. The van der Waals surface area contributed by atoms with E-state index >= 15 is 0 Å². The standard InChI is InChI=1S/C34H31Cl2N3O4S/c1-2-3-19-43-28-15-11-26(12-16-28)37-32(40)22-44-29-17-13-27(14-18-29)38-34(42)31(20-24-9-10-25(35)21-30(24)36)39-33(41)23-7-5-4-6-8-23/h4-18,20-21H,2-3,19,22H2,1H3,(H,37,40)(H,38,42)(H,39,41)/b31-20-. The number of rotatable bonds is 13. The molecule has 226 valence electrons. The Morgan fingerprint density at radius 3 is 2.20 bits per heavy atom. The van der Waals surface area contributed by atoms with E-state index in [1.54, 1.807) is 72.8 Å². The highest BCUT2D eigenvalue weighted by Crippen LogP contribution is 2.24. The van der Waals surface area contributed by atoms with Gasteiger partial charge < -0.3 is 20.7 Å². The lowest BCUT2D eigenvalue weighted by atomic mass is 10.1. The van der Waals surface area contributed by atoms with Crippen molar-refractivity contribution in [1.29, 1.82) is 0 Å². The Kier molecular flexibility index (Phi) is 12.3. The van der Waals surface area contributed by atoms with Gasteiger partial charge in [0.1, 0.15) is 11.4 Å². The lowest BCUT2D eigenvalue weighted by Crippen LogP contribution is -2.30. The van der Waals surface area contributed by atoms with Crippen LogP contribution in [0.2, 0.25) is 10.0 Å². The fraction of sp³-hybridized carbons (Fsp3) is 0.147. The Balaban J connectivity index is 1.35. The third-order valence-corrected chi connectivity index (χ3v) is 7.75. The number of unbranched alkanes of at least 4 members (excludes halogenated alkanes) is 1. The molecule has 0 aliphatic heterocycles. The van der Waals surface area contributed by atoms with Gasteiger partial charge in [-0.2, -0.15) is 0 Å². The summed E-state index contributed by atoms with van der Waals surface area (Å²) in [7, 11) is 0. The predicted molar refractivity (Wildman–Crippen MR) is 180 cm³/mol. The number of carbonyl (C=O) groups is 3. The molecule has 4 rings (SSSR count). The van der Waals surface area contributed by atoms with Crippen molar-refractivity contribution < 1.29 is 19.1 Å². The van der Waals surface area contributed by atoms with Crippen LogP contribution in [0.5, 0.6) is 5.75 Å². The summed E-state index contributed by atoms with van der Waals surface area (Å²) in [4.78, 5) is 39.5. The quantitative estimate of drug-likeness (QED) is 0.0770. The van der Waals surface area contributed by atoms with Crippen molar-refractivity contribution in [1.82, 2.24) is 5.32 Å². The van der Waals surface area contributed by atoms with Crippen LogP contribution in [0.4, 0.5) is 11.4 Å². The summed E-state index contributed by atoms with van der Waals surface area (Å²) >= 11 is 13.7. The van der Waals surface area contributed by atoms with Gasteiger partial charge in [0.2, 0.25) is 5.91 Å². The summed E-state index contributed by atoms with van der Waals surface area (Å²) in [5.41, 5.74) is 2.11. The molecule has 0 radical (unpaired) electrons. The zero-order chi connectivity index (χ0) is 31.3. The Hall–Kier alpha value is -4.24. The monoisotopic (exact) mass is 647 g/mol. The molecule has 3 amide bonds. The minimum atomic E-state index is -0.540. The van der Waals surface area contributed by atoms with Gasteiger partial charge in [0.05, 0.1) is 12.4 Å². The average molecular weight is 649 g/mol. The molecule has 7 nitrogen and oxygen atoms in total. The van der Waals surface area contributed by atoms with Crippen LogP contribution < -0.4 is 20.7 Å². The zero-order valence-corrected chi connectivity index (χ0v) is 26.3. The molecule has 0 aliphatic rings. The van der Waals surface area contributed by atoms with Crippen molar-refractivity contribution in [2.75, 3.05) is 23.0 Å². The number of ether oxygens (including phenoxy) is 1. The van der Waals surface area contributed by atoms with Crippen molar-refractivity contribution in [3.05, 3.63) is 124 Å². The summed E-state index contributed by atoms with van der Waals surface area (Å²) in [5.74, 6) is -0.147. The van der Waals surface area contributed by atoms with Crippen LogP contribution in [0.15, 0.2) is 108 Å². The summed E-state index contributed by atoms with van der Waals surface area (Å²) < 4.78 is 5.65. The largest absolute Gasteiger partial charge is 0.494 e. The van der Waals surface area contributed by atoms with E-state index in [9.17, 15) is 14.4 Å². The van der Waals surface area contributed by atoms with E-state index in [1.165, 1.54) is 17.8 Å². The van der Waals surface area contributed by atoms with E-state index < -0.39 is 11.8 Å². The molecule has 0 saturated heterocycles. The topological polar surface area (TPSA) is 96.5 Å². The molecule has 0 aliphatic carbocycles. The van der Waals surface area contributed by atoms with Gasteiger partial charge >= 0.3 is 0 Å². The van der Waals surface area contributed by atoms with Gasteiger partial charge in [0, 0.05) is 31.9 Å². The number of carbonyl (C=O) groups excluding carboxylic acids is 3.